The topological polar surface area (TPSA) is 55.0 Å². The van der Waals surface area contributed by atoms with Crippen molar-refractivity contribution < 1.29 is 0 Å². The monoisotopic (exact) mass is 226 g/mol. The smallest absolute Gasteiger partial charge is 0.224 e. The molecule has 1 aliphatic heterocycles. The second-order valence-electron chi connectivity index (χ2n) is 3.72. The maximum absolute atomic E-state index is 5.87. The second kappa shape index (κ2) is 4.77. The number of nitrogens with two attached hydrogens (primary N) is 1. The van der Waals surface area contributed by atoms with E-state index < -0.39 is 0 Å². The standard InChI is InChI=1S/C10H15ClN4/c11-10-13-8(3-4-12)7-9(14-10)15-5-1-2-6-15/h7H,1-6,12H2. The van der Waals surface area contributed by atoms with Gasteiger partial charge in [-0.25, -0.2) is 9.97 Å². The Kier molecular flexibility index (Phi) is 3.38. The highest BCUT2D eigenvalue weighted by Gasteiger charge is 2.15. The van der Waals surface area contributed by atoms with E-state index in [9.17, 15) is 0 Å². The molecular weight excluding hydrogens is 212 g/mol. The van der Waals surface area contributed by atoms with Crippen molar-refractivity contribution in [3.05, 3.63) is 17.0 Å². The Balaban J connectivity index is 2.22. The molecule has 1 aromatic heterocycles. The van der Waals surface area contributed by atoms with Crippen molar-refractivity contribution in [2.24, 2.45) is 5.73 Å². The maximum atomic E-state index is 5.87. The largest absolute Gasteiger partial charge is 0.356 e. The van der Waals surface area contributed by atoms with Gasteiger partial charge in [0.25, 0.3) is 0 Å². The molecule has 2 heterocycles. The van der Waals surface area contributed by atoms with E-state index in [0.717, 1.165) is 31.0 Å². The SMILES string of the molecule is NCCc1cc(N2CCCC2)nc(Cl)n1. The van der Waals surface area contributed by atoms with E-state index in [1.165, 1.54) is 12.8 Å². The van der Waals surface area contributed by atoms with Gasteiger partial charge >= 0.3 is 0 Å². The van der Waals surface area contributed by atoms with E-state index >= 15 is 0 Å². The van der Waals surface area contributed by atoms with Crippen molar-refractivity contribution >= 4 is 17.4 Å². The van der Waals surface area contributed by atoms with Gasteiger partial charge in [-0.05, 0) is 31.0 Å². The lowest BCUT2D eigenvalue weighted by molar-refractivity contribution is 0.880. The lowest BCUT2D eigenvalue weighted by atomic mass is 10.3. The Bertz CT molecular complexity index is 336. The Morgan fingerprint density at radius 2 is 2.07 bits per heavy atom. The molecule has 0 aromatic carbocycles. The average molecular weight is 227 g/mol. The van der Waals surface area contributed by atoms with Crippen molar-refractivity contribution in [1.82, 2.24) is 9.97 Å². The van der Waals surface area contributed by atoms with Crippen LogP contribution in [0.4, 0.5) is 5.82 Å². The second-order valence-corrected chi connectivity index (χ2v) is 4.06. The van der Waals surface area contributed by atoms with Crippen LogP contribution in [-0.2, 0) is 6.42 Å². The third kappa shape index (κ3) is 2.58. The van der Waals surface area contributed by atoms with Gasteiger partial charge in [-0.1, -0.05) is 0 Å². The van der Waals surface area contributed by atoms with E-state index in [1.807, 2.05) is 6.07 Å². The molecule has 1 aromatic rings. The minimum atomic E-state index is 0.322. The van der Waals surface area contributed by atoms with Gasteiger partial charge in [0.2, 0.25) is 5.28 Å². The molecule has 0 spiro atoms. The van der Waals surface area contributed by atoms with Crippen LogP contribution in [0, 0.1) is 0 Å². The first-order chi connectivity index (χ1) is 7.29. The van der Waals surface area contributed by atoms with Crippen LogP contribution >= 0.6 is 11.6 Å². The van der Waals surface area contributed by atoms with Crippen molar-refractivity contribution in [3.63, 3.8) is 0 Å². The van der Waals surface area contributed by atoms with Crippen LogP contribution in [0.25, 0.3) is 0 Å². The molecule has 4 nitrogen and oxygen atoms in total. The number of nitrogens with zero attached hydrogens (tertiary/aromatic N) is 3. The molecule has 15 heavy (non-hydrogen) atoms. The van der Waals surface area contributed by atoms with Gasteiger partial charge in [0.15, 0.2) is 0 Å². The van der Waals surface area contributed by atoms with Crippen LogP contribution in [0.3, 0.4) is 0 Å². The third-order valence-electron chi connectivity index (χ3n) is 2.57. The highest BCUT2D eigenvalue weighted by molar-refractivity contribution is 6.28. The van der Waals surface area contributed by atoms with Crippen LogP contribution in [0.1, 0.15) is 18.5 Å². The zero-order valence-electron chi connectivity index (χ0n) is 8.62. The summed E-state index contributed by atoms with van der Waals surface area (Å²) in [5.41, 5.74) is 6.43. The highest BCUT2D eigenvalue weighted by Crippen LogP contribution is 2.20. The van der Waals surface area contributed by atoms with Gasteiger partial charge in [-0.2, -0.15) is 0 Å². The Labute approximate surface area is 94.5 Å². The fraction of sp³-hybridized carbons (Fsp3) is 0.600. The zero-order chi connectivity index (χ0) is 10.7. The molecule has 1 fully saturated rings. The Hall–Kier alpha value is -0.870. The maximum Gasteiger partial charge on any atom is 0.224 e. The van der Waals surface area contributed by atoms with E-state index in [1.54, 1.807) is 0 Å². The molecule has 5 heteroatoms. The number of anilines is 1. The average Bonchev–Trinajstić information content (AvgIpc) is 2.70. The number of rotatable bonds is 3. The molecule has 0 atom stereocenters. The molecule has 0 amide bonds. The van der Waals surface area contributed by atoms with Crippen molar-refractivity contribution in [2.45, 2.75) is 19.3 Å². The summed E-state index contributed by atoms with van der Waals surface area (Å²) in [5, 5.41) is 0.322. The van der Waals surface area contributed by atoms with Gasteiger partial charge in [-0.15, -0.1) is 0 Å². The number of aromatic nitrogens is 2. The summed E-state index contributed by atoms with van der Waals surface area (Å²) < 4.78 is 0. The highest BCUT2D eigenvalue weighted by atomic mass is 35.5. The number of hydrogen-bond acceptors (Lipinski definition) is 4. The summed E-state index contributed by atoms with van der Waals surface area (Å²) in [4.78, 5) is 10.6. The van der Waals surface area contributed by atoms with Gasteiger partial charge < -0.3 is 10.6 Å². The minimum Gasteiger partial charge on any atom is -0.356 e. The summed E-state index contributed by atoms with van der Waals surface area (Å²) in [5.74, 6) is 0.941. The van der Waals surface area contributed by atoms with Gasteiger partial charge in [0.05, 0.1) is 0 Å². The first kappa shape index (κ1) is 10.6. The predicted octanol–water partition coefficient (Wildman–Crippen LogP) is 1.23. The minimum absolute atomic E-state index is 0.322. The van der Waals surface area contributed by atoms with Crippen molar-refractivity contribution in [1.29, 1.82) is 0 Å². The molecule has 1 aliphatic rings. The van der Waals surface area contributed by atoms with Crippen LogP contribution in [0.5, 0.6) is 0 Å². The Morgan fingerprint density at radius 1 is 1.33 bits per heavy atom. The number of halogens is 1. The molecule has 0 bridgehead atoms. The predicted molar refractivity (Wildman–Crippen MR) is 61.2 cm³/mol. The lowest BCUT2D eigenvalue weighted by Gasteiger charge is -2.16. The van der Waals surface area contributed by atoms with Crippen LogP contribution in [0.2, 0.25) is 5.28 Å². The van der Waals surface area contributed by atoms with Gasteiger partial charge in [0.1, 0.15) is 5.82 Å². The van der Waals surface area contributed by atoms with Gasteiger partial charge in [-0.3, -0.25) is 0 Å². The lowest BCUT2D eigenvalue weighted by Crippen LogP contribution is -2.20. The molecule has 0 saturated carbocycles. The Morgan fingerprint density at radius 3 is 2.73 bits per heavy atom. The molecule has 0 unspecified atom stereocenters. The quantitative estimate of drug-likeness (QED) is 0.788. The van der Waals surface area contributed by atoms with Crippen LogP contribution < -0.4 is 10.6 Å². The fourth-order valence-corrected chi connectivity index (χ4v) is 2.03. The van der Waals surface area contributed by atoms with Crippen LogP contribution in [0.15, 0.2) is 6.07 Å². The van der Waals surface area contributed by atoms with E-state index in [2.05, 4.69) is 14.9 Å². The zero-order valence-corrected chi connectivity index (χ0v) is 9.37. The molecule has 82 valence electrons. The summed E-state index contributed by atoms with van der Waals surface area (Å²) in [6, 6.07) is 1.99. The van der Waals surface area contributed by atoms with Crippen molar-refractivity contribution in [3.8, 4) is 0 Å². The molecular formula is C10H15ClN4. The summed E-state index contributed by atoms with van der Waals surface area (Å²) in [6.07, 6.45) is 3.21. The molecule has 2 rings (SSSR count). The molecule has 2 N–H and O–H groups in total. The van der Waals surface area contributed by atoms with Crippen LogP contribution in [-0.4, -0.2) is 29.6 Å². The first-order valence-electron chi connectivity index (χ1n) is 5.28. The molecule has 1 saturated heterocycles. The number of hydrogen-bond donors (Lipinski definition) is 1. The molecule has 0 radical (unpaired) electrons. The molecule has 0 aliphatic carbocycles. The normalized spacial score (nSPS) is 16.0. The van der Waals surface area contributed by atoms with Gasteiger partial charge in [0, 0.05) is 31.3 Å². The fourth-order valence-electron chi connectivity index (χ4n) is 1.84. The third-order valence-corrected chi connectivity index (χ3v) is 2.74. The van der Waals surface area contributed by atoms with E-state index in [0.29, 0.717) is 11.8 Å². The summed E-state index contributed by atoms with van der Waals surface area (Å²) in [7, 11) is 0. The summed E-state index contributed by atoms with van der Waals surface area (Å²) >= 11 is 5.87. The first-order valence-corrected chi connectivity index (χ1v) is 5.66. The van der Waals surface area contributed by atoms with E-state index in [-0.39, 0.29) is 0 Å². The summed E-state index contributed by atoms with van der Waals surface area (Å²) in [6.45, 7) is 2.72. The van der Waals surface area contributed by atoms with E-state index in [4.69, 9.17) is 17.3 Å². The van der Waals surface area contributed by atoms with Crippen molar-refractivity contribution in [2.75, 3.05) is 24.5 Å².